The van der Waals surface area contributed by atoms with E-state index in [9.17, 15) is 4.79 Å². The maximum atomic E-state index is 11.1. The molecule has 4 heteroatoms. The van der Waals surface area contributed by atoms with E-state index in [4.69, 9.17) is 9.84 Å². The maximum absolute atomic E-state index is 11.1. The summed E-state index contributed by atoms with van der Waals surface area (Å²) in [5.74, 6) is -0.0608. The molecule has 0 spiro atoms. The fourth-order valence-electron chi connectivity index (χ4n) is 0.886. The first kappa shape index (κ1) is 12.4. The first-order chi connectivity index (χ1) is 6.24. The fourth-order valence-corrected chi connectivity index (χ4v) is 0.886. The van der Waals surface area contributed by atoms with Crippen molar-refractivity contribution < 1.29 is 14.6 Å². The van der Waals surface area contributed by atoms with E-state index in [1.54, 1.807) is 0 Å². The molecule has 78 valence electrons. The monoisotopic (exact) mass is 189 g/mol. The van der Waals surface area contributed by atoms with Crippen LogP contribution in [0.2, 0.25) is 0 Å². The van der Waals surface area contributed by atoms with E-state index in [0.29, 0.717) is 19.6 Å². The van der Waals surface area contributed by atoms with Crippen molar-refractivity contribution >= 4 is 5.91 Å². The van der Waals surface area contributed by atoms with Crippen LogP contribution in [0.15, 0.2) is 0 Å². The smallest absolute Gasteiger partial charge is 0.222 e. The molecule has 13 heavy (non-hydrogen) atoms. The minimum absolute atomic E-state index is 0.00310. The number of ether oxygens (including phenoxy) is 1. The Labute approximate surface area is 79.3 Å². The summed E-state index contributed by atoms with van der Waals surface area (Å²) < 4.78 is 5.03. The molecule has 2 N–H and O–H groups in total. The van der Waals surface area contributed by atoms with Gasteiger partial charge in [-0.1, -0.05) is 6.92 Å². The van der Waals surface area contributed by atoms with Crippen LogP contribution in [0.5, 0.6) is 0 Å². The van der Waals surface area contributed by atoms with Gasteiger partial charge in [0.05, 0.1) is 19.3 Å². The highest BCUT2D eigenvalue weighted by atomic mass is 16.5. The van der Waals surface area contributed by atoms with E-state index in [2.05, 4.69) is 5.32 Å². The number of aliphatic hydroxyl groups is 1. The number of rotatable bonds is 7. The SMILES string of the molecule is CCOCCC(=O)N[C@@H](CC)CO. The highest BCUT2D eigenvalue weighted by Crippen LogP contribution is 1.91. The lowest BCUT2D eigenvalue weighted by Crippen LogP contribution is -2.37. The molecular formula is C9H19NO3. The van der Waals surface area contributed by atoms with Gasteiger partial charge in [0.1, 0.15) is 0 Å². The molecule has 0 heterocycles. The summed E-state index contributed by atoms with van der Waals surface area (Å²) in [6, 6.07) is -0.117. The van der Waals surface area contributed by atoms with Crippen molar-refractivity contribution in [1.82, 2.24) is 5.32 Å². The minimum Gasteiger partial charge on any atom is -0.394 e. The van der Waals surface area contributed by atoms with Crippen molar-refractivity contribution in [2.45, 2.75) is 32.7 Å². The molecule has 0 aromatic heterocycles. The molecule has 0 aromatic rings. The van der Waals surface area contributed by atoms with Crippen molar-refractivity contribution in [3.05, 3.63) is 0 Å². The number of carbonyl (C=O) groups excluding carboxylic acids is 1. The summed E-state index contributed by atoms with van der Waals surface area (Å²) in [4.78, 5) is 11.1. The van der Waals surface area contributed by atoms with Gasteiger partial charge >= 0.3 is 0 Å². The van der Waals surface area contributed by atoms with Crippen LogP contribution in [-0.2, 0) is 9.53 Å². The molecule has 0 aliphatic rings. The molecule has 0 aliphatic carbocycles. The van der Waals surface area contributed by atoms with Crippen molar-refractivity contribution in [3.63, 3.8) is 0 Å². The fraction of sp³-hybridized carbons (Fsp3) is 0.889. The summed E-state index contributed by atoms with van der Waals surface area (Å²) >= 11 is 0. The summed E-state index contributed by atoms with van der Waals surface area (Å²) in [6.45, 7) is 4.88. The molecule has 0 fully saturated rings. The summed E-state index contributed by atoms with van der Waals surface area (Å²) in [6.07, 6.45) is 1.11. The Morgan fingerprint density at radius 2 is 2.23 bits per heavy atom. The number of amides is 1. The third-order valence-corrected chi connectivity index (χ3v) is 1.76. The van der Waals surface area contributed by atoms with Gasteiger partial charge in [-0.2, -0.15) is 0 Å². The Kier molecular flexibility index (Phi) is 7.63. The number of carbonyl (C=O) groups is 1. The van der Waals surface area contributed by atoms with Crippen LogP contribution in [0.4, 0.5) is 0 Å². The lowest BCUT2D eigenvalue weighted by molar-refractivity contribution is -0.123. The molecule has 0 bridgehead atoms. The van der Waals surface area contributed by atoms with E-state index in [1.165, 1.54) is 0 Å². The second-order valence-corrected chi connectivity index (χ2v) is 2.80. The Morgan fingerprint density at radius 3 is 2.69 bits per heavy atom. The number of aliphatic hydroxyl groups excluding tert-OH is 1. The zero-order chi connectivity index (χ0) is 10.1. The highest BCUT2D eigenvalue weighted by Gasteiger charge is 2.07. The second-order valence-electron chi connectivity index (χ2n) is 2.80. The van der Waals surface area contributed by atoms with Gasteiger partial charge in [0.25, 0.3) is 0 Å². The highest BCUT2D eigenvalue weighted by molar-refractivity contribution is 5.76. The van der Waals surface area contributed by atoms with E-state index in [0.717, 1.165) is 6.42 Å². The zero-order valence-corrected chi connectivity index (χ0v) is 8.38. The molecule has 0 aromatic carbocycles. The summed E-state index contributed by atoms with van der Waals surface area (Å²) in [5.41, 5.74) is 0. The van der Waals surface area contributed by atoms with Gasteiger partial charge in [-0.3, -0.25) is 4.79 Å². The Morgan fingerprint density at radius 1 is 1.54 bits per heavy atom. The molecule has 1 amide bonds. The zero-order valence-electron chi connectivity index (χ0n) is 8.38. The van der Waals surface area contributed by atoms with Crippen molar-refractivity contribution in [2.24, 2.45) is 0 Å². The Balaban J connectivity index is 3.48. The predicted molar refractivity (Wildman–Crippen MR) is 50.4 cm³/mol. The lowest BCUT2D eigenvalue weighted by Gasteiger charge is -2.13. The molecule has 1 atom stereocenters. The summed E-state index contributed by atoms with van der Waals surface area (Å²) in [7, 11) is 0. The van der Waals surface area contributed by atoms with Crippen LogP contribution in [0.3, 0.4) is 0 Å². The number of nitrogens with one attached hydrogen (secondary N) is 1. The third kappa shape index (κ3) is 6.54. The largest absolute Gasteiger partial charge is 0.394 e. The number of hydrogen-bond acceptors (Lipinski definition) is 3. The van der Waals surface area contributed by atoms with Gasteiger partial charge in [0.15, 0.2) is 0 Å². The lowest BCUT2D eigenvalue weighted by atomic mass is 10.2. The molecule has 0 unspecified atom stereocenters. The average molecular weight is 189 g/mol. The van der Waals surface area contributed by atoms with Gasteiger partial charge in [0, 0.05) is 13.0 Å². The van der Waals surface area contributed by atoms with Crippen LogP contribution in [0, 0.1) is 0 Å². The molecule has 0 rings (SSSR count). The van der Waals surface area contributed by atoms with Gasteiger partial charge in [-0.05, 0) is 13.3 Å². The van der Waals surface area contributed by atoms with Gasteiger partial charge in [-0.25, -0.2) is 0 Å². The Hall–Kier alpha value is -0.610. The molecule has 0 saturated carbocycles. The van der Waals surface area contributed by atoms with Crippen LogP contribution in [0.25, 0.3) is 0 Å². The van der Waals surface area contributed by atoms with E-state index in [1.807, 2.05) is 13.8 Å². The van der Waals surface area contributed by atoms with E-state index < -0.39 is 0 Å². The van der Waals surface area contributed by atoms with Crippen LogP contribution >= 0.6 is 0 Å². The normalized spacial score (nSPS) is 12.5. The summed E-state index contributed by atoms with van der Waals surface area (Å²) in [5, 5.41) is 11.5. The van der Waals surface area contributed by atoms with Crippen molar-refractivity contribution in [3.8, 4) is 0 Å². The molecule has 0 radical (unpaired) electrons. The quantitative estimate of drug-likeness (QED) is 0.566. The molecular weight excluding hydrogens is 170 g/mol. The first-order valence-corrected chi connectivity index (χ1v) is 4.72. The van der Waals surface area contributed by atoms with Gasteiger partial charge < -0.3 is 15.2 Å². The third-order valence-electron chi connectivity index (χ3n) is 1.76. The number of hydrogen-bond donors (Lipinski definition) is 2. The van der Waals surface area contributed by atoms with Gasteiger partial charge in [-0.15, -0.1) is 0 Å². The Bertz CT molecular complexity index is 135. The molecule has 0 aliphatic heterocycles. The minimum atomic E-state index is -0.117. The van der Waals surface area contributed by atoms with E-state index in [-0.39, 0.29) is 18.6 Å². The van der Waals surface area contributed by atoms with Crippen molar-refractivity contribution in [2.75, 3.05) is 19.8 Å². The topological polar surface area (TPSA) is 58.6 Å². The van der Waals surface area contributed by atoms with Crippen LogP contribution in [-0.4, -0.2) is 36.9 Å². The molecule has 4 nitrogen and oxygen atoms in total. The molecule has 0 saturated heterocycles. The van der Waals surface area contributed by atoms with Crippen molar-refractivity contribution in [1.29, 1.82) is 0 Å². The first-order valence-electron chi connectivity index (χ1n) is 4.72. The van der Waals surface area contributed by atoms with Crippen LogP contribution < -0.4 is 5.32 Å². The average Bonchev–Trinajstić information content (AvgIpc) is 2.14. The van der Waals surface area contributed by atoms with Gasteiger partial charge in [0.2, 0.25) is 5.91 Å². The van der Waals surface area contributed by atoms with E-state index >= 15 is 0 Å². The van der Waals surface area contributed by atoms with Crippen LogP contribution in [0.1, 0.15) is 26.7 Å². The standard InChI is InChI=1S/C9H19NO3/c1-3-8(7-11)10-9(12)5-6-13-4-2/h8,11H,3-7H2,1-2H3,(H,10,12)/t8-/m0/s1. The maximum Gasteiger partial charge on any atom is 0.222 e. The predicted octanol–water partition coefficient (Wildman–Crippen LogP) is 0.300. The second kappa shape index (κ2) is 8.01.